The fraction of sp³-hybridized carbons (Fsp3) is 0.294. The lowest BCUT2D eigenvalue weighted by Gasteiger charge is -2.17. The Morgan fingerprint density at radius 3 is 2.67 bits per heavy atom. The standard InChI is InChI=1S/C17H18ClFN2O2S/c18-16-10-15(6-7-17(16)19)24(22,23)20-14-8-9-21(12-14)11-13-4-2-1-3-5-13/h1-7,10,14,20H,8-9,11-12H2. The molecule has 1 heterocycles. The van der Waals surface area contributed by atoms with Crippen molar-refractivity contribution in [2.45, 2.75) is 23.9 Å². The molecule has 1 unspecified atom stereocenters. The zero-order valence-corrected chi connectivity index (χ0v) is 14.5. The summed E-state index contributed by atoms with van der Waals surface area (Å²) in [4.78, 5) is 2.19. The molecule has 24 heavy (non-hydrogen) atoms. The van der Waals surface area contributed by atoms with Gasteiger partial charge in [0.15, 0.2) is 0 Å². The van der Waals surface area contributed by atoms with Gasteiger partial charge in [-0.05, 0) is 30.2 Å². The third kappa shape index (κ3) is 4.13. The monoisotopic (exact) mass is 368 g/mol. The first-order valence-corrected chi connectivity index (χ1v) is 9.54. The molecule has 2 aromatic rings. The molecule has 0 saturated carbocycles. The molecule has 3 rings (SSSR count). The van der Waals surface area contributed by atoms with Gasteiger partial charge in [-0.1, -0.05) is 41.9 Å². The number of benzene rings is 2. The van der Waals surface area contributed by atoms with Crippen molar-refractivity contribution in [1.29, 1.82) is 0 Å². The van der Waals surface area contributed by atoms with E-state index in [9.17, 15) is 12.8 Å². The number of nitrogens with one attached hydrogen (secondary N) is 1. The van der Waals surface area contributed by atoms with Crippen molar-refractivity contribution in [3.8, 4) is 0 Å². The maximum atomic E-state index is 13.2. The highest BCUT2D eigenvalue weighted by atomic mass is 35.5. The molecule has 1 saturated heterocycles. The Morgan fingerprint density at radius 1 is 1.21 bits per heavy atom. The zero-order chi connectivity index (χ0) is 17.2. The minimum Gasteiger partial charge on any atom is -0.297 e. The Hall–Kier alpha value is -1.47. The lowest BCUT2D eigenvalue weighted by molar-refractivity contribution is 0.324. The van der Waals surface area contributed by atoms with Crippen molar-refractivity contribution in [3.05, 3.63) is 64.9 Å². The zero-order valence-electron chi connectivity index (χ0n) is 13.0. The molecule has 1 atom stereocenters. The molecule has 1 N–H and O–H groups in total. The van der Waals surface area contributed by atoms with E-state index in [4.69, 9.17) is 11.6 Å². The highest BCUT2D eigenvalue weighted by Gasteiger charge is 2.27. The van der Waals surface area contributed by atoms with Crippen molar-refractivity contribution < 1.29 is 12.8 Å². The Kier molecular flexibility index (Phi) is 5.20. The van der Waals surface area contributed by atoms with Crippen LogP contribution in [0.2, 0.25) is 5.02 Å². The van der Waals surface area contributed by atoms with E-state index in [0.29, 0.717) is 6.54 Å². The third-order valence-electron chi connectivity index (χ3n) is 4.04. The van der Waals surface area contributed by atoms with Gasteiger partial charge in [-0.3, -0.25) is 4.90 Å². The van der Waals surface area contributed by atoms with Gasteiger partial charge in [0.2, 0.25) is 10.0 Å². The van der Waals surface area contributed by atoms with Gasteiger partial charge < -0.3 is 0 Å². The predicted molar refractivity (Wildman–Crippen MR) is 91.9 cm³/mol. The maximum absolute atomic E-state index is 13.2. The first kappa shape index (κ1) is 17.4. The summed E-state index contributed by atoms with van der Waals surface area (Å²) in [5.41, 5.74) is 1.20. The van der Waals surface area contributed by atoms with Crippen LogP contribution in [0.25, 0.3) is 0 Å². The first-order chi connectivity index (χ1) is 11.4. The molecule has 0 spiro atoms. The molecule has 4 nitrogen and oxygen atoms in total. The fourth-order valence-corrected chi connectivity index (χ4v) is 4.38. The largest absolute Gasteiger partial charge is 0.297 e. The summed E-state index contributed by atoms with van der Waals surface area (Å²) < 4.78 is 40.7. The van der Waals surface area contributed by atoms with E-state index in [1.54, 1.807) is 0 Å². The summed E-state index contributed by atoms with van der Waals surface area (Å²) in [6.45, 7) is 2.26. The van der Waals surface area contributed by atoms with Gasteiger partial charge in [0.25, 0.3) is 0 Å². The molecule has 1 aliphatic rings. The van der Waals surface area contributed by atoms with Crippen LogP contribution in [0.4, 0.5) is 4.39 Å². The van der Waals surface area contributed by atoms with Crippen molar-refractivity contribution in [1.82, 2.24) is 9.62 Å². The molecule has 0 radical (unpaired) electrons. The minimum atomic E-state index is -3.71. The van der Waals surface area contributed by atoms with Crippen molar-refractivity contribution in [3.63, 3.8) is 0 Å². The van der Waals surface area contributed by atoms with Crippen LogP contribution in [0.3, 0.4) is 0 Å². The Labute approximate surface area is 146 Å². The number of halogens is 2. The quantitative estimate of drug-likeness (QED) is 0.882. The van der Waals surface area contributed by atoms with E-state index >= 15 is 0 Å². The van der Waals surface area contributed by atoms with Gasteiger partial charge in [0, 0.05) is 25.7 Å². The highest BCUT2D eigenvalue weighted by molar-refractivity contribution is 7.89. The molecule has 128 valence electrons. The van der Waals surface area contributed by atoms with E-state index in [0.717, 1.165) is 31.6 Å². The Balaban J connectivity index is 1.63. The molecule has 0 aromatic heterocycles. The van der Waals surface area contributed by atoms with E-state index in [-0.39, 0.29) is 16.0 Å². The lowest BCUT2D eigenvalue weighted by atomic mass is 10.2. The lowest BCUT2D eigenvalue weighted by Crippen LogP contribution is -2.37. The maximum Gasteiger partial charge on any atom is 0.240 e. The van der Waals surface area contributed by atoms with Crippen LogP contribution in [0.1, 0.15) is 12.0 Å². The Morgan fingerprint density at radius 2 is 1.96 bits per heavy atom. The summed E-state index contributed by atoms with van der Waals surface area (Å²) in [5.74, 6) is -0.634. The summed E-state index contributed by atoms with van der Waals surface area (Å²) in [6, 6.07) is 13.3. The van der Waals surface area contributed by atoms with Crippen LogP contribution in [-0.2, 0) is 16.6 Å². The smallest absolute Gasteiger partial charge is 0.240 e. The van der Waals surface area contributed by atoms with Gasteiger partial charge in [-0.25, -0.2) is 17.5 Å². The van der Waals surface area contributed by atoms with Crippen LogP contribution in [0.15, 0.2) is 53.4 Å². The summed E-state index contributed by atoms with van der Waals surface area (Å²) in [5, 5.41) is -0.199. The highest BCUT2D eigenvalue weighted by Crippen LogP contribution is 2.21. The summed E-state index contributed by atoms with van der Waals surface area (Å²) >= 11 is 5.67. The molecule has 0 aliphatic carbocycles. The first-order valence-electron chi connectivity index (χ1n) is 7.68. The van der Waals surface area contributed by atoms with Crippen molar-refractivity contribution in [2.24, 2.45) is 0 Å². The minimum absolute atomic E-state index is 0.0181. The second-order valence-electron chi connectivity index (χ2n) is 5.90. The predicted octanol–water partition coefficient (Wildman–Crippen LogP) is 3.03. The SMILES string of the molecule is O=S(=O)(NC1CCN(Cc2ccccc2)C1)c1ccc(F)c(Cl)c1. The van der Waals surface area contributed by atoms with Gasteiger partial charge in [-0.15, -0.1) is 0 Å². The molecular weight excluding hydrogens is 351 g/mol. The topological polar surface area (TPSA) is 49.4 Å². The van der Waals surface area contributed by atoms with Gasteiger partial charge in [0.1, 0.15) is 5.82 Å². The molecule has 2 aromatic carbocycles. The van der Waals surface area contributed by atoms with Crippen LogP contribution in [-0.4, -0.2) is 32.4 Å². The Bertz CT molecular complexity index is 815. The molecule has 0 bridgehead atoms. The van der Waals surface area contributed by atoms with Crippen molar-refractivity contribution in [2.75, 3.05) is 13.1 Å². The van der Waals surface area contributed by atoms with Crippen LogP contribution < -0.4 is 4.72 Å². The molecule has 7 heteroatoms. The van der Waals surface area contributed by atoms with E-state index in [1.807, 2.05) is 18.2 Å². The fourth-order valence-electron chi connectivity index (χ4n) is 2.85. The second-order valence-corrected chi connectivity index (χ2v) is 8.02. The summed E-state index contributed by atoms with van der Waals surface area (Å²) in [6.07, 6.45) is 0.737. The molecule has 0 amide bonds. The normalized spacial score (nSPS) is 18.8. The number of sulfonamides is 1. The third-order valence-corrected chi connectivity index (χ3v) is 5.85. The number of hydrogen-bond acceptors (Lipinski definition) is 3. The summed E-state index contributed by atoms with van der Waals surface area (Å²) in [7, 11) is -3.71. The van der Waals surface area contributed by atoms with Crippen molar-refractivity contribution >= 4 is 21.6 Å². The molecule has 1 aliphatic heterocycles. The van der Waals surface area contributed by atoms with Gasteiger partial charge in [-0.2, -0.15) is 0 Å². The van der Waals surface area contributed by atoms with E-state index < -0.39 is 15.8 Å². The average molecular weight is 369 g/mol. The number of likely N-dealkylation sites (tertiary alicyclic amines) is 1. The molecular formula is C17H18ClFN2O2S. The van der Waals surface area contributed by atoms with E-state index in [2.05, 4.69) is 21.8 Å². The number of nitrogens with zero attached hydrogens (tertiary/aromatic N) is 1. The van der Waals surface area contributed by atoms with Crippen LogP contribution in [0.5, 0.6) is 0 Å². The van der Waals surface area contributed by atoms with Gasteiger partial charge >= 0.3 is 0 Å². The van der Waals surface area contributed by atoms with Gasteiger partial charge in [0.05, 0.1) is 9.92 Å². The van der Waals surface area contributed by atoms with E-state index in [1.165, 1.54) is 11.6 Å². The number of rotatable bonds is 5. The average Bonchev–Trinajstić information content (AvgIpc) is 2.97. The number of hydrogen-bond donors (Lipinski definition) is 1. The molecule has 1 fully saturated rings. The van der Waals surface area contributed by atoms with Crippen LogP contribution >= 0.6 is 11.6 Å². The van der Waals surface area contributed by atoms with Crippen LogP contribution in [0, 0.1) is 5.82 Å². The second kappa shape index (κ2) is 7.19.